The molecule has 4 aliphatic carbocycles. The second-order valence-electron chi connectivity index (χ2n) is 10.7. The zero-order chi connectivity index (χ0) is 20.7. The van der Waals surface area contributed by atoms with E-state index in [-0.39, 0.29) is 17.4 Å². The predicted octanol–water partition coefficient (Wildman–Crippen LogP) is 3.48. The van der Waals surface area contributed by atoms with Crippen molar-refractivity contribution < 1.29 is 13.2 Å². The lowest BCUT2D eigenvalue weighted by Gasteiger charge is -2.73. The third kappa shape index (κ3) is 2.27. The summed E-state index contributed by atoms with van der Waals surface area (Å²) in [5.74, 6) is 2.66. The van der Waals surface area contributed by atoms with Gasteiger partial charge < -0.3 is 5.32 Å². The molecule has 4 saturated carbocycles. The number of nitrogens with one attached hydrogen (secondary N) is 1. The van der Waals surface area contributed by atoms with Gasteiger partial charge in [-0.15, -0.1) is 0 Å². The monoisotopic (exact) mass is 428 g/mol. The normalized spacial score (nSPS) is 41.6. The number of hydrogen-bond donors (Lipinski definition) is 1. The van der Waals surface area contributed by atoms with Crippen LogP contribution in [0.4, 0.5) is 0 Å². The minimum absolute atomic E-state index is 0.123. The molecule has 1 spiro atoms. The molecule has 0 aromatic heterocycles. The van der Waals surface area contributed by atoms with Crippen LogP contribution in [0.1, 0.15) is 56.9 Å². The van der Waals surface area contributed by atoms with Crippen LogP contribution in [0.3, 0.4) is 0 Å². The molecule has 1 N–H and O–H groups in total. The zero-order valence-electron chi connectivity index (χ0n) is 17.8. The average molecular weight is 429 g/mol. The van der Waals surface area contributed by atoms with Crippen molar-refractivity contribution in [2.75, 3.05) is 13.1 Å². The van der Waals surface area contributed by atoms with Gasteiger partial charge in [-0.1, -0.05) is 24.6 Å². The van der Waals surface area contributed by atoms with Crippen LogP contribution in [-0.4, -0.2) is 37.8 Å². The van der Waals surface area contributed by atoms with E-state index in [2.05, 4.69) is 5.32 Å². The first-order valence-electron chi connectivity index (χ1n) is 11.7. The molecule has 30 heavy (non-hydrogen) atoms. The number of aryl methyl sites for hydroxylation is 1. The van der Waals surface area contributed by atoms with E-state index >= 15 is 0 Å². The number of piperidine rings is 1. The molecule has 1 amide bonds. The van der Waals surface area contributed by atoms with Gasteiger partial charge in [0, 0.05) is 19.1 Å². The second-order valence-corrected chi connectivity index (χ2v) is 12.6. The second kappa shape index (κ2) is 6.32. The van der Waals surface area contributed by atoms with Gasteiger partial charge >= 0.3 is 0 Å². The molecule has 1 aliphatic heterocycles. The molecule has 4 unspecified atom stereocenters. The predicted molar refractivity (Wildman–Crippen MR) is 114 cm³/mol. The summed E-state index contributed by atoms with van der Waals surface area (Å²) < 4.78 is 28.5. The summed E-state index contributed by atoms with van der Waals surface area (Å²) in [5, 5.41) is 3.25. The number of benzene rings is 1. The summed E-state index contributed by atoms with van der Waals surface area (Å²) in [6, 6.07) is 7.06. The minimum atomic E-state index is -3.55. The fourth-order valence-corrected chi connectivity index (χ4v) is 10.3. The maximum atomic E-state index is 13.4. The lowest BCUT2D eigenvalue weighted by molar-refractivity contribution is -0.249. The van der Waals surface area contributed by atoms with Crippen LogP contribution in [0.2, 0.25) is 0 Å². The van der Waals surface area contributed by atoms with Gasteiger partial charge in [0.05, 0.1) is 10.3 Å². The molecule has 5 nitrogen and oxygen atoms in total. The number of rotatable bonds is 5. The average Bonchev–Trinajstić information content (AvgIpc) is 3.24. The molecule has 1 heterocycles. The van der Waals surface area contributed by atoms with Gasteiger partial charge in [0.1, 0.15) is 0 Å². The molecule has 6 atom stereocenters. The Balaban J connectivity index is 1.18. The Morgan fingerprint density at radius 2 is 1.87 bits per heavy atom. The van der Waals surface area contributed by atoms with Crippen molar-refractivity contribution in [3.63, 3.8) is 0 Å². The van der Waals surface area contributed by atoms with Gasteiger partial charge in [0.15, 0.2) is 0 Å². The topological polar surface area (TPSA) is 66.5 Å². The molecule has 1 saturated heterocycles. The smallest absolute Gasteiger partial charge is 0.243 e. The molecule has 5 fully saturated rings. The number of fused-ring (bicyclic) bond motifs is 1. The summed E-state index contributed by atoms with van der Waals surface area (Å²) in [5.41, 5.74) is 0.977. The Bertz CT molecular complexity index is 987. The molecule has 6 rings (SSSR count). The highest BCUT2D eigenvalue weighted by Gasteiger charge is 2.83. The van der Waals surface area contributed by atoms with Crippen molar-refractivity contribution in [1.82, 2.24) is 9.62 Å². The van der Waals surface area contributed by atoms with Crippen molar-refractivity contribution in [1.29, 1.82) is 0 Å². The SMILES string of the molecule is Cc1ccccc1S(=O)(=O)N1CCCCC1CNC(=O)C12C[C@H]3CC4C[C@@H](C1)C32C4. The number of sulfonamides is 1. The minimum Gasteiger partial charge on any atom is -0.354 e. The lowest BCUT2D eigenvalue weighted by Crippen LogP contribution is -2.73. The van der Waals surface area contributed by atoms with Gasteiger partial charge in [-0.05, 0) is 86.7 Å². The van der Waals surface area contributed by atoms with Crippen LogP contribution in [0, 0.1) is 35.5 Å². The van der Waals surface area contributed by atoms with E-state index in [4.69, 9.17) is 0 Å². The van der Waals surface area contributed by atoms with E-state index < -0.39 is 10.0 Å². The van der Waals surface area contributed by atoms with Crippen LogP contribution in [-0.2, 0) is 14.8 Å². The molecule has 1 aromatic carbocycles. The number of hydrogen-bond acceptors (Lipinski definition) is 3. The Kier molecular flexibility index (Phi) is 4.06. The van der Waals surface area contributed by atoms with Gasteiger partial charge in [0.2, 0.25) is 15.9 Å². The van der Waals surface area contributed by atoms with Crippen LogP contribution < -0.4 is 5.32 Å². The summed E-state index contributed by atoms with van der Waals surface area (Å²) in [6.07, 6.45) is 8.81. The van der Waals surface area contributed by atoms with Crippen LogP contribution in [0.15, 0.2) is 29.2 Å². The summed E-state index contributed by atoms with van der Waals surface area (Å²) in [4.78, 5) is 13.7. The molecule has 2 bridgehead atoms. The van der Waals surface area contributed by atoms with E-state index in [9.17, 15) is 13.2 Å². The van der Waals surface area contributed by atoms with Gasteiger partial charge in [-0.3, -0.25) is 4.79 Å². The largest absolute Gasteiger partial charge is 0.354 e. The van der Waals surface area contributed by atoms with E-state index in [0.29, 0.717) is 23.4 Å². The van der Waals surface area contributed by atoms with Crippen molar-refractivity contribution in [2.45, 2.75) is 69.2 Å². The molecule has 1 aromatic rings. The van der Waals surface area contributed by atoms with E-state index in [1.54, 1.807) is 16.4 Å². The maximum absolute atomic E-state index is 13.4. The first-order valence-corrected chi connectivity index (χ1v) is 13.2. The number of carbonyl (C=O) groups is 1. The van der Waals surface area contributed by atoms with Gasteiger partial charge in [-0.2, -0.15) is 4.31 Å². The fraction of sp³-hybridized carbons (Fsp3) is 0.708. The molecule has 0 radical (unpaired) electrons. The maximum Gasteiger partial charge on any atom is 0.243 e. The molecular weight excluding hydrogens is 396 g/mol. The fourth-order valence-electron chi connectivity index (χ4n) is 8.43. The molecule has 5 aliphatic rings. The lowest BCUT2D eigenvalue weighted by atomic mass is 9.30. The van der Waals surface area contributed by atoms with Crippen molar-refractivity contribution in [3.05, 3.63) is 29.8 Å². The van der Waals surface area contributed by atoms with Gasteiger partial charge in [0.25, 0.3) is 0 Å². The Labute approximate surface area is 179 Å². The van der Waals surface area contributed by atoms with E-state index in [1.165, 1.54) is 19.3 Å². The highest BCUT2D eigenvalue weighted by molar-refractivity contribution is 7.89. The molecule has 162 valence electrons. The van der Waals surface area contributed by atoms with Crippen molar-refractivity contribution >= 4 is 15.9 Å². The van der Waals surface area contributed by atoms with Crippen LogP contribution >= 0.6 is 0 Å². The van der Waals surface area contributed by atoms with Crippen LogP contribution in [0.5, 0.6) is 0 Å². The first kappa shape index (κ1) is 19.3. The Morgan fingerprint density at radius 1 is 1.13 bits per heavy atom. The van der Waals surface area contributed by atoms with Crippen LogP contribution in [0.25, 0.3) is 0 Å². The summed E-state index contributed by atoms with van der Waals surface area (Å²) in [7, 11) is -3.55. The third-order valence-corrected chi connectivity index (χ3v) is 11.7. The highest BCUT2D eigenvalue weighted by Crippen LogP contribution is 2.86. The zero-order valence-corrected chi connectivity index (χ0v) is 18.6. The number of amides is 1. The first-order chi connectivity index (χ1) is 14.4. The van der Waals surface area contributed by atoms with E-state index in [1.807, 2.05) is 19.1 Å². The third-order valence-electron chi connectivity index (χ3n) is 9.59. The van der Waals surface area contributed by atoms with E-state index in [0.717, 1.165) is 55.4 Å². The highest BCUT2D eigenvalue weighted by atomic mass is 32.2. The standard InChI is InChI=1S/C24H32N2O3S/c1-16-6-2-3-8-21(16)30(28,29)26-9-5-4-7-20(26)15-25-22(27)23-13-18-10-17-11-19(14-23)24(18,23)12-17/h2-3,6,8,17-20H,4-5,7,9-15H2,1H3,(H,25,27)/t17?,18-,19+,20?,23?,24?. The summed E-state index contributed by atoms with van der Waals surface area (Å²) in [6.45, 7) is 2.83. The van der Waals surface area contributed by atoms with Gasteiger partial charge in [-0.25, -0.2) is 8.42 Å². The van der Waals surface area contributed by atoms with Crippen molar-refractivity contribution in [3.8, 4) is 0 Å². The molecular formula is C24H32N2O3S. The van der Waals surface area contributed by atoms with Crippen molar-refractivity contribution in [2.24, 2.45) is 28.6 Å². The Hall–Kier alpha value is -1.40. The summed E-state index contributed by atoms with van der Waals surface area (Å²) >= 11 is 0. The Morgan fingerprint density at radius 3 is 2.57 bits per heavy atom. The number of nitrogens with zero attached hydrogens (tertiary/aromatic N) is 1. The number of carbonyl (C=O) groups excluding carboxylic acids is 1. The quantitative estimate of drug-likeness (QED) is 0.781. The molecule has 6 heteroatoms.